The van der Waals surface area contributed by atoms with Gasteiger partial charge in [0, 0.05) is 11.1 Å². The van der Waals surface area contributed by atoms with Gasteiger partial charge in [-0.25, -0.2) is 3.11 Å². The molecule has 1 amide bonds. The molecule has 3 heteroatoms. The Morgan fingerprint density at radius 3 is 2.37 bits per heavy atom. The van der Waals surface area contributed by atoms with Crippen molar-refractivity contribution in [2.45, 2.75) is 6.92 Å². The first-order valence-electron chi connectivity index (χ1n) is 6.05. The quantitative estimate of drug-likeness (QED) is 0.498. The van der Waals surface area contributed by atoms with Crippen molar-refractivity contribution >= 4 is 46.1 Å². The van der Waals surface area contributed by atoms with E-state index in [1.54, 1.807) is 3.11 Å². The number of nitrogens with zero attached hydrogens (tertiary/aromatic N) is 1. The maximum atomic E-state index is 12.5. The van der Waals surface area contributed by atoms with Crippen LogP contribution in [0.2, 0.25) is 0 Å². The minimum absolute atomic E-state index is 0.0207. The first-order valence-corrected chi connectivity index (χ1v) is 7.02. The Morgan fingerprint density at radius 1 is 0.947 bits per heavy atom. The van der Waals surface area contributed by atoms with Crippen molar-refractivity contribution in [1.29, 1.82) is 0 Å². The zero-order valence-electron chi connectivity index (χ0n) is 10.4. The summed E-state index contributed by atoms with van der Waals surface area (Å²) in [7, 11) is 0. The Kier molecular flexibility index (Phi) is 3.14. The number of allylic oxidation sites excluding steroid dienone is 1. The van der Waals surface area contributed by atoms with E-state index in [4.69, 9.17) is 0 Å². The molecule has 2 aromatic rings. The van der Waals surface area contributed by atoms with Crippen molar-refractivity contribution in [2.75, 3.05) is 3.11 Å². The van der Waals surface area contributed by atoms with E-state index >= 15 is 0 Å². The number of carbonyl (C=O) groups is 1. The molecule has 1 heterocycles. The van der Waals surface area contributed by atoms with Crippen LogP contribution in [0.5, 0.6) is 0 Å². The molecule has 94 valence electrons. The van der Waals surface area contributed by atoms with E-state index in [2.05, 4.69) is 35.9 Å². The summed E-state index contributed by atoms with van der Waals surface area (Å²) in [6.45, 7) is 2.08. The first kappa shape index (κ1) is 12.4. The Balaban J connectivity index is 2.32. The molecule has 0 fully saturated rings. The third-order valence-corrected chi connectivity index (χ3v) is 4.24. The summed E-state index contributed by atoms with van der Waals surface area (Å²) >= 11 is 2.08. The monoisotopic (exact) mass is 361 g/mol. The summed E-state index contributed by atoms with van der Waals surface area (Å²) < 4.78 is 1.70. The molecule has 3 rings (SSSR count). The molecular weight excluding hydrogens is 349 g/mol. The maximum absolute atomic E-state index is 12.5. The molecule has 0 aliphatic carbocycles. The van der Waals surface area contributed by atoms with Gasteiger partial charge in [0.1, 0.15) is 0 Å². The van der Waals surface area contributed by atoms with Gasteiger partial charge in [-0.15, -0.1) is 0 Å². The van der Waals surface area contributed by atoms with Crippen LogP contribution in [-0.2, 0) is 0 Å². The molecule has 0 atom stereocenters. The molecule has 2 nitrogen and oxygen atoms in total. The smallest absolute Gasteiger partial charge is 0.267 e. The lowest BCUT2D eigenvalue weighted by Gasteiger charge is -2.22. The first-order chi connectivity index (χ1) is 9.18. The van der Waals surface area contributed by atoms with Gasteiger partial charge < -0.3 is 0 Å². The van der Waals surface area contributed by atoms with Crippen LogP contribution in [0.3, 0.4) is 0 Å². The zero-order valence-corrected chi connectivity index (χ0v) is 12.6. The Bertz CT molecular complexity index is 691. The molecule has 1 aliphatic heterocycles. The van der Waals surface area contributed by atoms with Gasteiger partial charge in [0.2, 0.25) is 0 Å². The van der Waals surface area contributed by atoms with E-state index in [0.29, 0.717) is 0 Å². The number of carbonyl (C=O) groups excluding carboxylic acids is 1. The number of amides is 1. The summed E-state index contributed by atoms with van der Waals surface area (Å²) in [4.78, 5) is 12.5. The molecule has 0 bridgehead atoms. The predicted molar refractivity (Wildman–Crippen MR) is 87.3 cm³/mol. The van der Waals surface area contributed by atoms with E-state index in [9.17, 15) is 4.79 Å². The summed E-state index contributed by atoms with van der Waals surface area (Å²) in [5.74, 6) is 0.0207. The van der Waals surface area contributed by atoms with Gasteiger partial charge in [0.25, 0.3) is 5.91 Å². The highest BCUT2D eigenvalue weighted by atomic mass is 127. The number of para-hydroxylation sites is 1. The minimum Gasteiger partial charge on any atom is -0.268 e. The second-order valence-electron chi connectivity index (χ2n) is 4.52. The number of hydrogen-bond acceptors (Lipinski definition) is 1. The maximum Gasteiger partial charge on any atom is 0.267 e. The van der Waals surface area contributed by atoms with Crippen molar-refractivity contribution < 1.29 is 4.79 Å². The van der Waals surface area contributed by atoms with Crippen LogP contribution < -0.4 is 3.11 Å². The van der Waals surface area contributed by atoms with Crippen LogP contribution in [-0.4, -0.2) is 5.91 Å². The Labute approximate surface area is 126 Å². The van der Waals surface area contributed by atoms with E-state index in [1.807, 2.05) is 48.5 Å². The molecule has 0 radical (unpaired) electrons. The average molecular weight is 361 g/mol. The lowest BCUT2D eigenvalue weighted by Crippen LogP contribution is -2.22. The fraction of sp³-hybridized carbons (Fsp3) is 0.0625. The fourth-order valence-corrected chi connectivity index (χ4v) is 3.00. The summed E-state index contributed by atoms with van der Waals surface area (Å²) in [5, 5.41) is 0. The zero-order chi connectivity index (χ0) is 13.4. The third kappa shape index (κ3) is 2.08. The molecule has 0 N–H and O–H groups in total. The standard InChI is InChI=1S/C16H12INO/c1-11-10-12-6-2-3-8-14(12)16(19)18(17)15-9-5-4-7-13(11)15/h2-10H,1H3/b11-10-. The number of anilines is 1. The average Bonchev–Trinajstić information content (AvgIpc) is 2.45. The fourth-order valence-electron chi connectivity index (χ4n) is 2.32. The number of rotatable bonds is 0. The van der Waals surface area contributed by atoms with Crippen molar-refractivity contribution in [3.63, 3.8) is 0 Å². The van der Waals surface area contributed by atoms with Crippen LogP contribution in [0, 0.1) is 0 Å². The van der Waals surface area contributed by atoms with Crippen molar-refractivity contribution in [1.82, 2.24) is 0 Å². The number of halogens is 1. The van der Waals surface area contributed by atoms with Gasteiger partial charge >= 0.3 is 0 Å². The van der Waals surface area contributed by atoms with Crippen molar-refractivity contribution in [3.05, 3.63) is 65.2 Å². The molecule has 0 saturated carbocycles. The van der Waals surface area contributed by atoms with Gasteiger partial charge in [-0.3, -0.25) is 4.79 Å². The second-order valence-corrected chi connectivity index (χ2v) is 5.48. The van der Waals surface area contributed by atoms with Gasteiger partial charge in [-0.1, -0.05) is 42.5 Å². The lowest BCUT2D eigenvalue weighted by molar-refractivity contribution is 0.101. The SMILES string of the molecule is C/C1=C/c2ccccc2C(=O)N(I)c2ccccc21. The second kappa shape index (κ2) is 4.81. The lowest BCUT2D eigenvalue weighted by atomic mass is 9.97. The third-order valence-electron chi connectivity index (χ3n) is 3.28. The molecular formula is C16H12INO. The molecule has 0 saturated heterocycles. The highest BCUT2D eigenvalue weighted by Gasteiger charge is 2.22. The molecule has 2 aromatic carbocycles. The van der Waals surface area contributed by atoms with Crippen LogP contribution in [0.15, 0.2) is 48.5 Å². The van der Waals surface area contributed by atoms with Crippen LogP contribution in [0.4, 0.5) is 5.69 Å². The summed E-state index contributed by atoms with van der Waals surface area (Å²) in [6.07, 6.45) is 2.08. The molecule has 19 heavy (non-hydrogen) atoms. The minimum atomic E-state index is 0.0207. The highest BCUT2D eigenvalue weighted by molar-refractivity contribution is 14.1. The molecule has 0 unspecified atom stereocenters. The van der Waals surface area contributed by atoms with E-state index in [-0.39, 0.29) is 5.91 Å². The van der Waals surface area contributed by atoms with Crippen LogP contribution in [0.1, 0.15) is 28.4 Å². The van der Waals surface area contributed by atoms with Gasteiger partial charge in [0.15, 0.2) is 0 Å². The molecule has 0 aromatic heterocycles. The number of hydrogen-bond donors (Lipinski definition) is 0. The Morgan fingerprint density at radius 2 is 1.58 bits per heavy atom. The Hall–Kier alpha value is -1.62. The van der Waals surface area contributed by atoms with Gasteiger partial charge in [-0.05, 0) is 30.2 Å². The molecule has 0 spiro atoms. The predicted octanol–water partition coefficient (Wildman–Crippen LogP) is 4.56. The van der Waals surface area contributed by atoms with E-state index in [0.717, 1.165) is 28.0 Å². The van der Waals surface area contributed by atoms with Gasteiger partial charge in [0.05, 0.1) is 28.6 Å². The topological polar surface area (TPSA) is 20.3 Å². The van der Waals surface area contributed by atoms with E-state index in [1.165, 1.54) is 0 Å². The van der Waals surface area contributed by atoms with Crippen molar-refractivity contribution in [3.8, 4) is 0 Å². The highest BCUT2D eigenvalue weighted by Crippen LogP contribution is 2.34. The summed E-state index contributed by atoms with van der Waals surface area (Å²) in [6, 6.07) is 15.7. The summed E-state index contributed by atoms with van der Waals surface area (Å²) in [5.41, 5.74) is 4.92. The largest absolute Gasteiger partial charge is 0.268 e. The number of benzene rings is 2. The normalized spacial score (nSPS) is 16.8. The van der Waals surface area contributed by atoms with Crippen molar-refractivity contribution in [2.24, 2.45) is 0 Å². The van der Waals surface area contributed by atoms with Crippen LogP contribution >= 0.6 is 22.9 Å². The van der Waals surface area contributed by atoms with E-state index < -0.39 is 0 Å². The van der Waals surface area contributed by atoms with Gasteiger partial charge in [-0.2, -0.15) is 0 Å². The molecule has 1 aliphatic rings. The number of fused-ring (bicyclic) bond motifs is 2. The van der Waals surface area contributed by atoms with Crippen LogP contribution in [0.25, 0.3) is 11.6 Å².